The third-order valence-corrected chi connectivity index (χ3v) is 5.30. The number of hydrogen-bond donors (Lipinski definition) is 2. The Morgan fingerprint density at radius 2 is 2.00 bits per heavy atom. The highest BCUT2D eigenvalue weighted by molar-refractivity contribution is 7.98. The van der Waals surface area contributed by atoms with Gasteiger partial charge in [0.25, 0.3) is 0 Å². The molecule has 2 amide bonds. The number of ether oxygens (including phenoxy) is 1. The highest BCUT2D eigenvalue weighted by Crippen LogP contribution is 2.17. The van der Waals surface area contributed by atoms with Gasteiger partial charge in [-0.05, 0) is 29.5 Å². The van der Waals surface area contributed by atoms with E-state index in [-0.39, 0.29) is 6.03 Å². The molecule has 0 unspecified atom stereocenters. The summed E-state index contributed by atoms with van der Waals surface area (Å²) in [5.41, 5.74) is 1.10. The molecule has 0 aliphatic carbocycles. The van der Waals surface area contributed by atoms with Gasteiger partial charge in [0.2, 0.25) is 0 Å². The van der Waals surface area contributed by atoms with Crippen molar-refractivity contribution < 1.29 is 9.53 Å². The second-order valence-electron chi connectivity index (χ2n) is 4.88. The second kappa shape index (κ2) is 10.2. The normalized spacial score (nSPS) is 10.3. The molecule has 4 nitrogen and oxygen atoms in total. The SMILES string of the molecule is COc1ccccc1CCNC(=O)NCCSCc1cccs1. The van der Waals surface area contributed by atoms with Gasteiger partial charge >= 0.3 is 6.03 Å². The molecule has 0 bridgehead atoms. The van der Waals surface area contributed by atoms with Crippen molar-refractivity contribution in [2.45, 2.75) is 12.2 Å². The second-order valence-corrected chi connectivity index (χ2v) is 7.01. The molecule has 0 saturated carbocycles. The van der Waals surface area contributed by atoms with Crippen LogP contribution in [0.25, 0.3) is 0 Å². The number of amides is 2. The van der Waals surface area contributed by atoms with E-state index in [1.54, 1.807) is 18.4 Å². The standard InChI is InChI=1S/C17H22N2O2S2/c1-21-16-7-3-2-5-14(16)8-9-18-17(20)19-10-12-22-13-15-6-4-11-23-15/h2-7,11H,8-10,12-13H2,1H3,(H2,18,19,20). The molecule has 2 N–H and O–H groups in total. The monoisotopic (exact) mass is 350 g/mol. The Bertz CT molecular complexity index is 588. The van der Waals surface area contributed by atoms with Crippen LogP contribution in [-0.4, -0.2) is 32.0 Å². The Morgan fingerprint density at radius 1 is 1.17 bits per heavy atom. The summed E-state index contributed by atoms with van der Waals surface area (Å²) in [6, 6.07) is 11.9. The smallest absolute Gasteiger partial charge is 0.314 e. The number of carbonyl (C=O) groups excluding carboxylic acids is 1. The molecule has 1 heterocycles. The average Bonchev–Trinajstić information content (AvgIpc) is 3.08. The molecule has 0 spiro atoms. The largest absolute Gasteiger partial charge is 0.496 e. The molecule has 1 aromatic carbocycles. The maximum absolute atomic E-state index is 11.7. The molecule has 0 fully saturated rings. The number of thioether (sulfide) groups is 1. The van der Waals surface area contributed by atoms with Crippen LogP contribution in [0.3, 0.4) is 0 Å². The molecule has 2 rings (SSSR count). The first kappa shape index (κ1) is 17.7. The number of hydrogen-bond acceptors (Lipinski definition) is 4. The van der Waals surface area contributed by atoms with Crippen molar-refractivity contribution in [2.75, 3.05) is 26.0 Å². The number of urea groups is 1. The minimum Gasteiger partial charge on any atom is -0.496 e. The molecule has 2 aromatic rings. The fourth-order valence-corrected chi connectivity index (χ4v) is 3.79. The Balaban J connectivity index is 1.54. The molecule has 6 heteroatoms. The summed E-state index contributed by atoms with van der Waals surface area (Å²) < 4.78 is 5.30. The summed E-state index contributed by atoms with van der Waals surface area (Å²) in [4.78, 5) is 13.1. The van der Waals surface area contributed by atoms with Crippen LogP contribution in [0.15, 0.2) is 41.8 Å². The van der Waals surface area contributed by atoms with Crippen LogP contribution in [0.5, 0.6) is 5.75 Å². The van der Waals surface area contributed by atoms with E-state index >= 15 is 0 Å². The van der Waals surface area contributed by atoms with Crippen LogP contribution in [-0.2, 0) is 12.2 Å². The van der Waals surface area contributed by atoms with Gasteiger partial charge in [-0.3, -0.25) is 0 Å². The predicted molar refractivity (Wildman–Crippen MR) is 98.6 cm³/mol. The maximum atomic E-state index is 11.7. The van der Waals surface area contributed by atoms with Gasteiger partial charge < -0.3 is 15.4 Å². The fraction of sp³-hybridized carbons (Fsp3) is 0.353. The highest BCUT2D eigenvalue weighted by atomic mass is 32.2. The molecule has 0 saturated heterocycles. The predicted octanol–water partition coefficient (Wildman–Crippen LogP) is 3.53. The van der Waals surface area contributed by atoms with Gasteiger partial charge in [-0.25, -0.2) is 4.79 Å². The summed E-state index contributed by atoms with van der Waals surface area (Å²) in [5.74, 6) is 2.78. The van der Waals surface area contributed by atoms with Crippen molar-refractivity contribution in [2.24, 2.45) is 0 Å². The van der Waals surface area contributed by atoms with Gasteiger partial charge in [-0.2, -0.15) is 11.8 Å². The van der Waals surface area contributed by atoms with E-state index < -0.39 is 0 Å². The van der Waals surface area contributed by atoms with Crippen molar-refractivity contribution in [3.8, 4) is 5.75 Å². The molecule has 0 aliphatic heterocycles. The zero-order valence-corrected chi connectivity index (χ0v) is 14.8. The molecule has 0 aliphatic rings. The van der Waals surface area contributed by atoms with E-state index in [4.69, 9.17) is 4.74 Å². The third-order valence-electron chi connectivity index (χ3n) is 3.23. The molecule has 124 valence electrons. The maximum Gasteiger partial charge on any atom is 0.314 e. The van der Waals surface area contributed by atoms with E-state index in [9.17, 15) is 4.79 Å². The lowest BCUT2D eigenvalue weighted by molar-refractivity contribution is 0.241. The van der Waals surface area contributed by atoms with E-state index in [1.165, 1.54) is 4.88 Å². The van der Waals surface area contributed by atoms with Gasteiger partial charge in [0.05, 0.1) is 7.11 Å². The first-order valence-corrected chi connectivity index (χ1v) is 9.56. The quantitative estimate of drug-likeness (QED) is 0.680. The lowest BCUT2D eigenvalue weighted by Crippen LogP contribution is -2.37. The van der Waals surface area contributed by atoms with Crippen LogP contribution < -0.4 is 15.4 Å². The molecule has 0 atom stereocenters. The molecular formula is C17H22N2O2S2. The number of para-hydroxylation sites is 1. The van der Waals surface area contributed by atoms with Crippen molar-refractivity contribution in [1.29, 1.82) is 0 Å². The Morgan fingerprint density at radius 3 is 2.78 bits per heavy atom. The Kier molecular flexibility index (Phi) is 7.83. The summed E-state index contributed by atoms with van der Waals surface area (Å²) in [7, 11) is 1.66. The summed E-state index contributed by atoms with van der Waals surface area (Å²) >= 11 is 3.60. The zero-order valence-electron chi connectivity index (χ0n) is 13.2. The van der Waals surface area contributed by atoms with E-state index in [1.807, 2.05) is 36.0 Å². The number of rotatable bonds is 9. The lowest BCUT2D eigenvalue weighted by atomic mass is 10.1. The van der Waals surface area contributed by atoms with Crippen LogP contribution >= 0.6 is 23.1 Å². The van der Waals surface area contributed by atoms with Crippen molar-refractivity contribution >= 4 is 29.1 Å². The molecular weight excluding hydrogens is 328 g/mol. The zero-order chi connectivity index (χ0) is 16.3. The van der Waals surface area contributed by atoms with Crippen LogP contribution in [0, 0.1) is 0 Å². The van der Waals surface area contributed by atoms with Crippen LogP contribution in [0.2, 0.25) is 0 Å². The molecule has 0 radical (unpaired) electrons. The Labute approximate surface area is 145 Å². The summed E-state index contributed by atoms with van der Waals surface area (Å²) in [6.07, 6.45) is 0.755. The number of benzene rings is 1. The number of thiophene rings is 1. The minimum atomic E-state index is -0.114. The average molecular weight is 351 g/mol. The van der Waals surface area contributed by atoms with E-state index in [0.29, 0.717) is 13.1 Å². The van der Waals surface area contributed by atoms with Gasteiger partial charge in [0, 0.05) is 29.5 Å². The van der Waals surface area contributed by atoms with Crippen LogP contribution in [0.4, 0.5) is 4.79 Å². The van der Waals surface area contributed by atoms with Gasteiger partial charge in [-0.1, -0.05) is 24.3 Å². The van der Waals surface area contributed by atoms with Gasteiger partial charge in [0.1, 0.15) is 5.75 Å². The number of carbonyl (C=O) groups is 1. The van der Waals surface area contributed by atoms with Crippen LogP contribution in [0.1, 0.15) is 10.4 Å². The molecule has 23 heavy (non-hydrogen) atoms. The number of methoxy groups -OCH3 is 1. The van der Waals surface area contributed by atoms with Crippen molar-refractivity contribution in [1.82, 2.24) is 10.6 Å². The topological polar surface area (TPSA) is 50.4 Å². The highest BCUT2D eigenvalue weighted by Gasteiger charge is 2.03. The van der Waals surface area contributed by atoms with Gasteiger partial charge in [0.15, 0.2) is 0 Å². The fourth-order valence-electron chi connectivity index (χ4n) is 2.09. The third kappa shape index (κ3) is 6.54. The van der Waals surface area contributed by atoms with Gasteiger partial charge in [-0.15, -0.1) is 11.3 Å². The first-order valence-electron chi connectivity index (χ1n) is 7.53. The summed E-state index contributed by atoms with van der Waals surface area (Å²) in [5, 5.41) is 7.84. The van der Waals surface area contributed by atoms with E-state index in [2.05, 4.69) is 28.1 Å². The van der Waals surface area contributed by atoms with E-state index in [0.717, 1.165) is 29.2 Å². The lowest BCUT2D eigenvalue weighted by Gasteiger charge is -2.10. The number of nitrogens with one attached hydrogen (secondary N) is 2. The minimum absolute atomic E-state index is 0.114. The van der Waals surface area contributed by atoms with Crippen molar-refractivity contribution in [3.05, 3.63) is 52.2 Å². The molecule has 1 aromatic heterocycles. The first-order chi connectivity index (χ1) is 11.3. The summed E-state index contributed by atoms with van der Waals surface area (Å²) in [6.45, 7) is 1.27. The Hall–Kier alpha value is -1.66. The van der Waals surface area contributed by atoms with Crippen molar-refractivity contribution in [3.63, 3.8) is 0 Å².